The molecule has 1 aliphatic rings. The summed E-state index contributed by atoms with van der Waals surface area (Å²) in [5, 5.41) is 1.10. The quantitative estimate of drug-likeness (QED) is 0.745. The first-order valence-electron chi connectivity index (χ1n) is 5.86. The highest BCUT2D eigenvalue weighted by atomic mass is 16.3. The summed E-state index contributed by atoms with van der Waals surface area (Å²) in [6.07, 6.45) is 5.59. The third-order valence-electron chi connectivity index (χ3n) is 3.25. The van der Waals surface area contributed by atoms with Crippen molar-refractivity contribution in [3.05, 3.63) is 24.5 Å². The smallest absolute Gasteiger partial charge is 0.157 e. The topological polar surface area (TPSA) is 42.4 Å². The lowest BCUT2D eigenvalue weighted by Gasteiger charge is -2.28. The molecule has 0 unspecified atom stereocenters. The Morgan fingerprint density at radius 3 is 2.75 bits per heavy atom. The summed E-state index contributed by atoms with van der Waals surface area (Å²) >= 11 is 0. The Bertz CT molecular complexity index is 498. The lowest BCUT2D eigenvalue weighted by atomic mass is 10.1. The second-order valence-electron chi connectivity index (χ2n) is 4.43. The number of fused-ring (bicyclic) bond motifs is 1. The third kappa shape index (κ3) is 1.52. The first-order chi connectivity index (χ1) is 7.84. The summed E-state index contributed by atoms with van der Waals surface area (Å²) in [5.74, 6) is 0. The molecule has 0 saturated carbocycles. The average Bonchev–Trinajstić information content (AvgIpc) is 2.77. The Morgan fingerprint density at radius 1 is 1.12 bits per heavy atom. The molecule has 3 nitrogen and oxygen atoms in total. The number of benzene rings is 1. The fourth-order valence-electron chi connectivity index (χ4n) is 2.46. The van der Waals surface area contributed by atoms with Crippen LogP contribution < -0.4 is 10.6 Å². The van der Waals surface area contributed by atoms with Crippen LogP contribution in [0.1, 0.15) is 19.3 Å². The number of hydrogen-bond acceptors (Lipinski definition) is 3. The van der Waals surface area contributed by atoms with Gasteiger partial charge in [-0.15, -0.1) is 0 Å². The summed E-state index contributed by atoms with van der Waals surface area (Å²) in [5.41, 5.74) is 8.86. The third-order valence-corrected chi connectivity index (χ3v) is 3.25. The predicted octanol–water partition coefficient (Wildman–Crippen LogP) is 3.01. The van der Waals surface area contributed by atoms with Crippen molar-refractivity contribution in [1.29, 1.82) is 0 Å². The van der Waals surface area contributed by atoms with Crippen LogP contribution in [0.2, 0.25) is 0 Å². The normalized spacial score (nSPS) is 16.9. The number of nitrogens with zero attached hydrogens (tertiary/aromatic N) is 1. The van der Waals surface area contributed by atoms with Crippen LogP contribution in [0.25, 0.3) is 11.0 Å². The van der Waals surface area contributed by atoms with E-state index in [-0.39, 0.29) is 0 Å². The molecular weight excluding hydrogens is 200 g/mol. The molecule has 1 aliphatic heterocycles. The lowest BCUT2D eigenvalue weighted by molar-refractivity contribution is 0.569. The number of furan rings is 1. The molecule has 3 rings (SSSR count). The van der Waals surface area contributed by atoms with Gasteiger partial charge in [0.2, 0.25) is 0 Å². The summed E-state index contributed by atoms with van der Waals surface area (Å²) in [6, 6.07) is 5.96. The summed E-state index contributed by atoms with van der Waals surface area (Å²) in [7, 11) is 0. The number of hydrogen-bond donors (Lipinski definition) is 1. The molecule has 0 atom stereocenters. The van der Waals surface area contributed by atoms with E-state index >= 15 is 0 Å². The highest BCUT2D eigenvalue weighted by molar-refractivity contribution is 5.92. The second-order valence-corrected chi connectivity index (χ2v) is 4.43. The molecule has 16 heavy (non-hydrogen) atoms. The monoisotopic (exact) mass is 216 g/mol. The van der Waals surface area contributed by atoms with E-state index in [1.54, 1.807) is 6.26 Å². The van der Waals surface area contributed by atoms with Gasteiger partial charge in [-0.1, -0.05) is 0 Å². The molecule has 84 valence electrons. The molecule has 2 N–H and O–H groups in total. The van der Waals surface area contributed by atoms with Crippen LogP contribution in [0, 0.1) is 0 Å². The number of piperidine rings is 1. The number of nitrogen functional groups attached to an aromatic ring is 1. The fourth-order valence-corrected chi connectivity index (χ4v) is 2.46. The molecule has 2 heterocycles. The van der Waals surface area contributed by atoms with Crippen LogP contribution in [-0.2, 0) is 0 Å². The van der Waals surface area contributed by atoms with Crippen LogP contribution in [0.5, 0.6) is 0 Å². The predicted molar refractivity (Wildman–Crippen MR) is 66.7 cm³/mol. The summed E-state index contributed by atoms with van der Waals surface area (Å²) in [4.78, 5) is 2.38. The zero-order valence-corrected chi connectivity index (χ0v) is 9.28. The zero-order chi connectivity index (χ0) is 11.0. The van der Waals surface area contributed by atoms with Gasteiger partial charge in [0, 0.05) is 24.2 Å². The van der Waals surface area contributed by atoms with Crippen LogP contribution >= 0.6 is 0 Å². The molecule has 2 aromatic rings. The van der Waals surface area contributed by atoms with E-state index in [4.69, 9.17) is 10.2 Å². The van der Waals surface area contributed by atoms with Crippen molar-refractivity contribution >= 4 is 22.3 Å². The Kier molecular flexibility index (Phi) is 2.24. The molecule has 1 aromatic carbocycles. The van der Waals surface area contributed by atoms with Gasteiger partial charge in [-0.3, -0.25) is 0 Å². The molecule has 0 spiro atoms. The van der Waals surface area contributed by atoms with Crippen molar-refractivity contribution < 1.29 is 4.42 Å². The van der Waals surface area contributed by atoms with Gasteiger partial charge in [0.05, 0.1) is 12.0 Å². The van der Waals surface area contributed by atoms with Crippen molar-refractivity contribution in [2.75, 3.05) is 23.7 Å². The molecule has 0 aliphatic carbocycles. The van der Waals surface area contributed by atoms with E-state index < -0.39 is 0 Å². The number of nitrogens with two attached hydrogens (primary N) is 1. The van der Waals surface area contributed by atoms with Crippen LogP contribution in [0.4, 0.5) is 11.4 Å². The maximum absolute atomic E-state index is 5.92. The summed E-state index contributed by atoms with van der Waals surface area (Å²) < 4.78 is 5.56. The highest BCUT2D eigenvalue weighted by Crippen LogP contribution is 2.32. The standard InChI is InChI=1S/C13H16N2O/c14-11-8-10-4-7-16-13(10)12(9-11)15-5-2-1-3-6-15/h4,7-9H,1-3,5-6,14H2. The molecule has 1 fully saturated rings. The van der Waals surface area contributed by atoms with Gasteiger partial charge in [0.1, 0.15) is 0 Å². The van der Waals surface area contributed by atoms with Gasteiger partial charge in [-0.2, -0.15) is 0 Å². The molecule has 3 heteroatoms. The van der Waals surface area contributed by atoms with Gasteiger partial charge in [-0.05, 0) is 37.5 Å². The van der Waals surface area contributed by atoms with E-state index in [1.165, 1.54) is 19.3 Å². The van der Waals surface area contributed by atoms with Crippen LogP contribution in [0.15, 0.2) is 28.9 Å². The first-order valence-corrected chi connectivity index (χ1v) is 5.86. The molecule has 1 aromatic heterocycles. The van der Waals surface area contributed by atoms with E-state index in [9.17, 15) is 0 Å². The largest absolute Gasteiger partial charge is 0.462 e. The SMILES string of the molecule is Nc1cc(N2CCCCC2)c2occc2c1. The van der Waals surface area contributed by atoms with Crippen molar-refractivity contribution in [3.8, 4) is 0 Å². The average molecular weight is 216 g/mol. The first kappa shape index (κ1) is 9.58. The van der Waals surface area contributed by atoms with Gasteiger partial charge in [-0.25, -0.2) is 0 Å². The van der Waals surface area contributed by atoms with Gasteiger partial charge < -0.3 is 15.1 Å². The Hall–Kier alpha value is -1.64. The van der Waals surface area contributed by atoms with Gasteiger partial charge in [0.15, 0.2) is 5.58 Å². The van der Waals surface area contributed by atoms with Crippen molar-refractivity contribution in [2.24, 2.45) is 0 Å². The lowest BCUT2D eigenvalue weighted by Crippen LogP contribution is -2.29. The molecule has 0 amide bonds. The van der Waals surface area contributed by atoms with E-state index in [2.05, 4.69) is 4.90 Å². The zero-order valence-electron chi connectivity index (χ0n) is 9.28. The maximum Gasteiger partial charge on any atom is 0.157 e. The molecule has 1 saturated heterocycles. The van der Waals surface area contributed by atoms with Gasteiger partial charge in [0.25, 0.3) is 0 Å². The van der Waals surface area contributed by atoms with Crippen LogP contribution in [0.3, 0.4) is 0 Å². The second kappa shape index (κ2) is 3.74. The van der Waals surface area contributed by atoms with E-state index in [1.807, 2.05) is 18.2 Å². The maximum atomic E-state index is 5.92. The van der Waals surface area contributed by atoms with Crippen molar-refractivity contribution in [1.82, 2.24) is 0 Å². The Labute approximate surface area is 94.8 Å². The minimum absolute atomic E-state index is 0.814. The molecule has 0 radical (unpaired) electrons. The highest BCUT2D eigenvalue weighted by Gasteiger charge is 2.15. The molecule has 0 bridgehead atoms. The Morgan fingerprint density at radius 2 is 1.94 bits per heavy atom. The minimum atomic E-state index is 0.814. The molecular formula is C13H16N2O. The van der Waals surface area contributed by atoms with Crippen LogP contribution in [-0.4, -0.2) is 13.1 Å². The Balaban J connectivity index is 2.09. The van der Waals surface area contributed by atoms with E-state index in [0.717, 1.165) is 35.4 Å². The minimum Gasteiger partial charge on any atom is -0.462 e. The fraction of sp³-hybridized carbons (Fsp3) is 0.385. The number of rotatable bonds is 1. The van der Waals surface area contributed by atoms with Crippen molar-refractivity contribution in [3.63, 3.8) is 0 Å². The number of anilines is 2. The van der Waals surface area contributed by atoms with Gasteiger partial charge >= 0.3 is 0 Å². The van der Waals surface area contributed by atoms with Crippen molar-refractivity contribution in [2.45, 2.75) is 19.3 Å². The summed E-state index contributed by atoms with van der Waals surface area (Å²) in [6.45, 7) is 2.22. The van der Waals surface area contributed by atoms with E-state index in [0.29, 0.717) is 0 Å².